The minimum atomic E-state index is 0.511. The van der Waals surface area contributed by atoms with Gasteiger partial charge in [-0.15, -0.1) is 0 Å². The van der Waals surface area contributed by atoms with Crippen LogP contribution < -0.4 is 9.47 Å². The van der Waals surface area contributed by atoms with Crippen molar-refractivity contribution in [3.8, 4) is 46.3 Å². The third-order valence-electron chi connectivity index (χ3n) is 13.9. The second-order valence-electron chi connectivity index (χ2n) is 17.9. The largest absolute Gasteiger partial charge is 0.457 e. The van der Waals surface area contributed by atoms with Crippen molar-refractivity contribution in [2.75, 3.05) is 0 Å². The Morgan fingerprint density at radius 3 is 0.944 bits per heavy atom. The lowest BCUT2D eigenvalue weighted by Crippen LogP contribution is -2.03. The van der Waals surface area contributed by atoms with Crippen molar-refractivity contribution < 1.29 is 9.47 Å². The summed E-state index contributed by atoms with van der Waals surface area (Å²) in [6.45, 7) is 0. The molecule has 0 saturated heterocycles. The molecule has 7 heterocycles. The first-order valence-electron chi connectivity index (χ1n) is 23.8. The van der Waals surface area contributed by atoms with Crippen LogP contribution in [0.15, 0.2) is 231 Å². The summed E-state index contributed by atoms with van der Waals surface area (Å²) in [6, 6.07) is 70.7. The average Bonchev–Trinajstić information content (AvgIpc) is 4.16. The van der Waals surface area contributed by atoms with Crippen molar-refractivity contribution in [1.82, 2.24) is 38.2 Å². The maximum atomic E-state index is 6.80. The number of fused-ring (bicyclic) bond motifs is 12. The highest BCUT2D eigenvalue weighted by Crippen LogP contribution is 2.41. The highest BCUT2D eigenvalue weighted by Gasteiger charge is 2.20. The zero-order chi connectivity index (χ0) is 47.3. The molecule has 15 aromatic rings. The maximum absolute atomic E-state index is 6.80. The van der Waals surface area contributed by atoms with Crippen LogP contribution in [0.5, 0.6) is 23.0 Å². The molecule has 0 bridgehead atoms. The lowest BCUT2D eigenvalue weighted by molar-refractivity contribution is 0.484. The van der Waals surface area contributed by atoms with Gasteiger partial charge < -0.3 is 14.0 Å². The van der Waals surface area contributed by atoms with Crippen molar-refractivity contribution in [2.24, 2.45) is 0 Å². The van der Waals surface area contributed by atoms with Gasteiger partial charge in [0, 0.05) is 79.7 Å². The summed E-state index contributed by atoms with van der Waals surface area (Å²) in [4.78, 5) is 19.7. The molecule has 10 heteroatoms. The van der Waals surface area contributed by atoms with E-state index in [-0.39, 0.29) is 0 Å². The molecule has 0 N–H and O–H groups in total. The van der Waals surface area contributed by atoms with Gasteiger partial charge in [-0.05, 0) is 97.1 Å². The molecule has 0 fully saturated rings. The average molecular weight is 927 g/mol. The second kappa shape index (κ2) is 15.7. The molecule has 338 valence electrons. The van der Waals surface area contributed by atoms with Crippen LogP contribution in [0.1, 0.15) is 0 Å². The Balaban J connectivity index is 0.871. The topological polar surface area (TPSA) is 89.7 Å². The van der Waals surface area contributed by atoms with Crippen LogP contribution in [0, 0.1) is 0 Å². The number of aromatic nitrogens is 8. The number of benzene rings is 8. The Kier molecular flexibility index (Phi) is 8.72. The van der Waals surface area contributed by atoms with Crippen LogP contribution in [0.4, 0.5) is 0 Å². The molecule has 72 heavy (non-hydrogen) atoms. The van der Waals surface area contributed by atoms with Gasteiger partial charge in [0.05, 0.1) is 62.2 Å². The van der Waals surface area contributed by atoms with Crippen LogP contribution >= 0.6 is 0 Å². The summed E-state index contributed by atoms with van der Waals surface area (Å²) in [7, 11) is 0. The highest BCUT2D eigenvalue weighted by atomic mass is 16.5. The smallest absolute Gasteiger partial charge is 0.234 e. The van der Waals surface area contributed by atoms with Crippen LogP contribution in [0.25, 0.3) is 110 Å². The van der Waals surface area contributed by atoms with Crippen LogP contribution in [-0.4, -0.2) is 38.2 Å². The normalized spacial score (nSPS) is 11.9. The van der Waals surface area contributed by atoms with Crippen LogP contribution in [0.3, 0.4) is 0 Å². The third-order valence-corrected chi connectivity index (χ3v) is 13.9. The monoisotopic (exact) mass is 926 g/mol. The first-order chi connectivity index (χ1) is 35.7. The van der Waals surface area contributed by atoms with E-state index in [9.17, 15) is 0 Å². The standard InChI is InChI=1S/C62H38N8O2/c1-5-17-52-44(13-1)45-14-2-6-18-53(45)67(52)39-37-65-62(66-38-39)70-58-35-42(71-40-23-27-48-46-15-3-7-19-54(46)68(56(48)33-40)60-21-9-11-31-63-60)25-29-50(58)51-30-26-43(36-59(51)70)72-41-24-28-49-47-16-4-8-20-55(47)69(57(49)34-41)61-22-10-12-32-64-61/h1-38H. The Morgan fingerprint density at radius 2 is 0.583 bits per heavy atom. The number of para-hydroxylation sites is 4. The number of ether oxygens (including phenoxy) is 2. The van der Waals surface area contributed by atoms with E-state index >= 15 is 0 Å². The van der Waals surface area contributed by atoms with Gasteiger partial charge in [-0.25, -0.2) is 19.9 Å². The highest BCUT2D eigenvalue weighted by molar-refractivity contribution is 6.12. The van der Waals surface area contributed by atoms with E-state index < -0.39 is 0 Å². The second-order valence-corrected chi connectivity index (χ2v) is 17.9. The molecule has 0 aliphatic rings. The predicted octanol–water partition coefficient (Wildman–Crippen LogP) is 15.2. The van der Waals surface area contributed by atoms with Gasteiger partial charge in [0.1, 0.15) is 34.6 Å². The maximum Gasteiger partial charge on any atom is 0.234 e. The predicted molar refractivity (Wildman–Crippen MR) is 288 cm³/mol. The fraction of sp³-hybridized carbons (Fsp3) is 0. The van der Waals surface area contributed by atoms with Crippen molar-refractivity contribution in [3.05, 3.63) is 231 Å². The number of rotatable bonds is 8. The van der Waals surface area contributed by atoms with E-state index in [4.69, 9.17) is 29.4 Å². The van der Waals surface area contributed by atoms with Crippen LogP contribution in [0.2, 0.25) is 0 Å². The third kappa shape index (κ3) is 6.15. The molecular formula is C62H38N8O2. The van der Waals surface area contributed by atoms with Crippen LogP contribution in [-0.2, 0) is 0 Å². The quantitative estimate of drug-likeness (QED) is 0.151. The zero-order valence-corrected chi connectivity index (χ0v) is 38.3. The molecule has 0 saturated carbocycles. The number of hydrogen-bond acceptors (Lipinski definition) is 6. The molecule has 0 radical (unpaired) electrons. The fourth-order valence-electron chi connectivity index (χ4n) is 10.8. The molecule has 0 aliphatic carbocycles. The van der Waals surface area contributed by atoms with Gasteiger partial charge in [-0.1, -0.05) is 84.9 Å². The molecule has 0 amide bonds. The van der Waals surface area contributed by atoms with Crippen molar-refractivity contribution in [2.45, 2.75) is 0 Å². The molecular weight excluding hydrogens is 889 g/mol. The summed E-state index contributed by atoms with van der Waals surface area (Å²) >= 11 is 0. The molecule has 0 unspecified atom stereocenters. The number of pyridine rings is 2. The van der Waals surface area contributed by atoms with Crippen molar-refractivity contribution in [3.63, 3.8) is 0 Å². The van der Waals surface area contributed by atoms with Crippen molar-refractivity contribution in [1.29, 1.82) is 0 Å². The van der Waals surface area contributed by atoms with E-state index in [2.05, 4.69) is 164 Å². The first kappa shape index (κ1) is 39.9. The fourth-order valence-corrected chi connectivity index (χ4v) is 10.8. The molecule has 8 aromatic carbocycles. The van der Waals surface area contributed by atoms with Gasteiger partial charge in [-0.3, -0.25) is 13.7 Å². The zero-order valence-electron chi connectivity index (χ0n) is 38.3. The Hall–Kier alpha value is -10.1. The molecule has 15 rings (SSSR count). The van der Waals surface area contributed by atoms with Gasteiger partial charge in [0.15, 0.2) is 0 Å². The lowest BCUT2D eigenvalue weighted by atomic mass is 10.1. The minimum Gasteiger partial charge on any atom is -0.457 e. The molecule has 0 aliphatic heterocycles. The summed E-state index contributed by atoms with van der Waals surface area (Å²) < 4.78 is 22.3. The summed E-state index contributed by atoms with van der Waals surface area (Å²) in [5.74, 6) is 4.93. The Bertz CT molecular complexity index is 4360. The van der Waals surface area contributed by atoms with E-state index in [0.717, 1.165) is 93.8 Å². The van der Waals surface area contributed by atoms with Gasteiger partial charge in [-0.2, -0.15) is 0 Å². The minimum absolute atomic E-state index is 0.511. The SMILES string of the molecule is c1ccc(-n2c3ccccc3c3ccc(Oc4ccc5c6ccc(Oc7ccc8c9ccccc9n(-c9ccccn9)c8c7)cc6n(-c6ncc(-n7c8ccccc8c8ccccc87)cn6)c5c4)cc32)nc1. The molecule has 10 nitrogen and oxygen atoms in total. The summed E-state index contributed by atoms with van der Waals surface area (Å²) in [5.41, 5.74) is 8.98. The van der Waals surface area contributed by atoms with E-state index in [0.29, 0.717) is 28.9 Å². The van der Waals surface area contributed by atoms with Gasteiger partial charge in [0.2, 0.25) is 5.95 Å². The summed E-state index contributed by atoms with van der Waals surface area (Å²) in [6.07, 6.45) is 7.47. The lowest BCUT2D eigenvalue weighted by Gasteiger charge is -2.12. The Labute approximate surface area is 410 Å². The first-order valence-corrected chi connectivity index (χ1v) is 23.8. The van der Waals surface area contributed by atoms with Crippen molar-refractivity contribution >= 4 is 87.2 Å². The van der Waals surface area contributed by atoms with E-state index in [1.807, 2.05) is 85.5 Å². The molecule has 0 atom stereocenters. The molecule has 0 spiro atoms. The van der Waals surface area contributed by atoms with E-state index in [1.165, 1.54) is 10.8 Å². The number of nitrogens with zero attached hydrogens (tertiary/aromatic N) is 8. The summed E-state index contributed by atoms with van der Waals surface area (Å²) in [5, 5.41) is 8.93. The van der Waals surface area contributed by atoms with Gasteiger partial charge in [0.25, 0.3) is 0 Å². The molecule has 7 aromatic heterocycles. The number of hydrogen-bond donors (Lipinski definition) is 0. The van der Waals surface area contributed by atoms with E-state index in [1.54, 1.807) is 0 Å². The van der Waals surface area contributed by atoms with Gasteiger partial charge >= 0.3 is 0 Å². The Morgan fingerprint density at radius 1 is 0.264 bits per heavy atom.